The van der Waals surface area contributed by atoms with Crippen molar-refractivity contribution in [2.24, 2.45) is 0 Å². The average molecular weight is 326 g/mol. The van der Waals surface area contributed by atoms with Gasteiger partial charge >= 0.3 is 6.61 Å². The second kappa shape index (κ2) is 6.51. The van der Waals surface area contributed by atoms with Gasteiger partial charge in [0, 0.05) is 10.8 Å². The summed E-state index contributed by atoms with van der Waals surface area (Å²) in [7, 11) is 0. The first-order valence-electron chi connectivity index (χ1n) is 7.06. The SMILES string of the molecule is Nn1c(SC2CCCC2)nnc1-c1ccc(OC(F)F)cc1. The van der Waals surface area contributed by atoms with Crippen LogP contribution in [0.15, 0.2) is 29.4 Å². The summed E-state index contributed by atoms with van der Waals surface area (Å²) in [6.45, 7) is -2.83. The molecule has 22 heavy (non-hydrogen) atoms. The van der Waals surface area contributed by atoms with Crippen LogP contribution >= 0.6 is 11.8 Å². The number of thioether (sulfide) groups is 1. The minimum absolute atomic E-state index is 0.0994. The summed E-state index contributed by atoms with van der Waals surface area (Å²) in [5.41, 5.74) is 0.704. The van der Waals surface area contributed by atoms with Gasteiger partial charge in [-0.3, -0.25) is 0 Å². The van der Waals surface area contributed by atoms with Crippen LogP contribution in [0.1, 0.15) is 25.7 Å². The third kappa shape index (κ3) is 3.32. The summed E-state index contributed by atoms with van der Waals surface area (Å²) < 4.78 is 30.0. The van der Waals surface area contributed by atoms with Crippen molar-refractivity contribution in [1.29, 1.82) is 0 Å². The number of rotatable bonds is 5. The van der Waals surface area contributed by atoms with Crippen LogP contribution in [-0.2, 0) is 0 Å². The van der Waals surface area contributed by atoms with Gasteiger partial charge in [-0.2, -0.15) is 8.78 Å². The van der Waals surface area contributed by atoms with Crippen LogP contribution in [0.3, 0.4) is 0 Å². The van der Waals surface area contributed by atoms with Crippen LogP contribution in [0.2, 0.25) is 0 Å². The van der Waals surface area contributed by atoms with E-state index in [0.717, 1.165) is 0 Å². The van der Waals surface area contributed by atoms with Crippen molar-refractivity contribution >= 4 is 11.8 Å². The maximum atomic E-state index is 12.1. The van der Waals surface area contributed by atoms with Crippen molar-refractivity contribution < 1.29 is 13.5 Å². The predicted octanol–water partition coefficient (Wildman–Crippen LogP) is 3.30. The molecule has 0 unspecified atom stereocenters. The summed E-state index contributed by atoms with van der Waals surface area (Å²) >= 11 is 1.65. The Labute approximate surface area is 130 Å². The van der Waals surface area contributed by atoms with E-state index >= 15 is 0 Å². The molecule has 1 fully saturated rings. The van der Waals surface area contributed by atoms with Crippen LogP contribution in [0.4, 0.5) is 8.78 Å². The van der Waals surface area contributed by atoms with Crippen LogP contribution in [0.5, 0.6) is 5.75 Å². The Morgan fingerprint density at radius 1 is 1.18 bits per heavy atom. The summed E-state index contributed by atoms with van der Waals surface area (Å²) in [6.07, 6.45) is 4.84. The van der Waals surface area contributed by atoms with Crippen molar-refractivity contribution in [1.82, 2.24) is 14.9 Å². The van der Waals surface area contributed by atoms with E-state index in [1.165, 1.54) is 42.5 Å². The molecule has 1 aromatic carbocycles. The Kier molecular flexibility index (Phi) is 4.47. The van der Waals surface area contributed by atoms with Crippen LogP contribution < -0.4 is 10.6 Å². The first-order valence-corrected chi connectivity index (χ1v) is 7.94. The van der Waals surface area contributed by atoms with Gasteiger partial charge in [-0.15, -0.1) is 10.2 Å². The largest absolute Gasteiger partial charge is 0.435 e. The summed E-state index contributed by atoms with van der Waals surface area (Å²) in [5, 5.41) is 9.44. The molecule has 2 N–H and O–H groups in total. The van der Waals surface area contributed by atoms with Crippen molar-refractivity contribution in [3.05, 3.63) is 24.3 Å². The second-order valence-corrected chi connectivity index (χ2v) is 6.37. The monoisotopic (exact) mass is 326 g/mol. The van der Waals surface area contributed by atoms with Gasteiger partial charge in [0.05, 0.1) is 0 Å². The maximum Gasteiger partial charge on any atom is 0.387 e. The molecule has 1 saturated carbocycles. The van der Waals surface area contributed by atoms with E-state index in [4.69, 9.17) is 5.84 Å². The number of nitrogens with two attached hydrogens (primary N) is 1. The number of hydrogen-bond donors (Lipinski definition) is 1. The molecule has 3 rings (SSSR count). The second-order valence-electron chi connectivity index (χ2n) is 5.10. The first-order chi connectivity index (χ1) is 10.6. The Bertz CT molecular complexity index is 626. The van der Waals surface area contributed by atoms with Gasteiger partial charge in [0.15, 0.2) is 5.82 Å². The molecule has 0 aliphatic heterocycles. The molecule has 1 aliphatic carbocycles. The number of ether oxygens (including phenoxy) is 1. The highest BCUT2D eigenvalue weighted by atomic mass is 32.2. The average Bonchev–Trinajstić information content (AvgIpc) is 3.11. The molecular formula is C14H16F2N4OS. The molecular weight excluding hydrogens is 310 g/mol. The van der Waals surface area contributed by atoms with Crippen molar-refractivity contribution in [2.75, 3.05) is 5.84 Å². The molecule has 5 nitrogen and oxygen atoms in total. The summed E-state index contributed by atoms with van der Waals surface area (Å²) in [6, 6.07) is 6.18. The fourth-order valence-corrected chi connectivity index (χ4v) is 3.65. The standard InChI is InChI=1S/C14H16F2N4OS/c15-13(16)21-10-7-5-9(6-8-10)12-18-19-14(20(12)17)22-11-3-1-2-4-11/h5-8,11,13H,1-4,17H2. The third-order valence-corrected chi connectivity index (χ3v) is 4.87. The number of nitrogens with zero attached hydrogens (tertiary/aromatic N) is 3. The smallest absolute Gasteiger partial charge is 0.387 e. The normalized spacial score (nSPS) is 15.6. The molecule has 0 bridgehead atoms. The number of alkyl halides is 2. The number of halogens is 2. The fraction of sp³-hybridized carbons (Fsp3) is 0.429. The van der Waals surface area contributed by atoms with E-state index < -0.39 is 6.61 Å². The number of hydrogen-bond acceptors (Lipinski definition) is 5. The van der Waals surface area contributed by atoms with Crippen molar-refractivity contribution in [3.63, 3.8) is 0 Å². The van der Waals surface area contributed by atoms with Crippen LogP contribution in [0, 0.1) is 0 Å². The minimum atomic E-state index is -2.83. The zero-order chi connectivity index (χ0) is 15.5. The molecule has 1 heterocycles. The third-order valence-electron chi connectivity index (χ3n) is 3.58. The molecule has 118 valence electrons. The summed E-state index contributed by atoms with van der Waals surface area (Å²) in [5.74, 6) is 6.66. The lowest BCUT2D eigenvalue weighted by molar-refractivity contribution is -0.0498. The van der Waals surface area contributed by atoms with Gasteiger partial charge in [-0.05, 0) is 37.1 Å². The van der Waals surface area contributed by atoms with Gasteiger partial charge in [0.25, 0.3) is 0 Å². The van der Waals surface area contributed by atoms with E-state index in [-0.39, 0.29) is 5.75 Å². The lowest BCUT2D eigenvalue weighted by Crippen LogP contribution is -2.12. The molecule has 0 atom stereocenters. The zero-order valence-corrected chi connectivity index (χ0v) is 12.6. The molecule has 0 amide bonds. The van der Waals surface area contributed by atoms with E-state index in [1.807, 2.05) is 0 Å². The topological polar surface area (TPSA) is 66.0 Å². The summed E-state index contributed by atoms with van der Waals surface area (Å²) in [4.78, 5) is 0. The number of nitrogen functional groups attached to an aromatic ring is 1. The zero-order valence-electron chi connectivity index (χ0n) is 11.8. The Morgan fingerprint density at radius 3 is 2.50 bits per heavy atom. The predicted molar refractivity (Wildman–Crippen MR) is 80.4 cm³/mol. The molecule has 1 aliphatic rings. The highest BCUT2D eigenvalue weighted by Gasteiger charge is 2.20. The quantitative estimate of drug-likeness (QED) is 0.854. The maximum absolute atomic E-state index is 12.1. The first kappa shape index (κ1) is 15.1. The fourth-order valence-electron chi connectivity index (χ4n) is 2.49. The van der Waals surface area contributed by atoms with Gasteiger partial charge in [0.2, 0.25) is 5.16 Å². The van der Waals surface area contributed by atoms with E-state index in [2.05, 4.69) is 14.9 Å². The van der Waals surface area contributed by atoms with E-state index in [9.17, 15) is 8.78 Å². The Balaban J connectivity index is 1.75. The molecule has 0 saturated heterocycles. The molecule has 0 spiro atoms. The Hall–Kier alpha value is -1.83. The number of aromatic nitrogens is 3. The van der Waals surface area contributed by atoms with Gasteiger partial charge in [-0.25, -0.2) is 4.68 Å². The van der Waals surface area contributed by atoms with Gasteiger partial charge in [0.1, 0.15) is 5.75 Å². The van der Waals surface area contributed by atoms with Gasteiger partial charge < -0.3 is 10.6 Å². The molecule has 0 radical (unpaired) electrons. The Morgan fingerprint density at radius 2 is 1.86 bits per heavy atom. The van der Waals surface area contributed by atoms with E-state index in [0.29, 0.717) is 21.8 Å². The van der Waals surface area contributed by atoms with Gasteiger partial charge in [-0.1, -0.05) is 24.6 Å². The molecule has 2 aromatic rings. The lowest BCUT2D eigenvalue weighted by atomic mass is 10.2. The van der Waals surface area contributed by atoms with E-state index in [1.54, 1.807) is 23.9 Å². The minimum Gasteiger partial charge on any atom is -0.435 e. The lowest BCUT2D eigenvalue weighted by Gasteiger charge is -2.08. The molecule has 1 aromatic heterocycles. The highest BCUT2D eigenvalue weighted by molar-refractivity contribution is 7.99. The number of benzene rings is 1. The van der Waals surface area contributed by atoms with Crippen molar-refractivity contribution in [3.8, 4) is 17.1 Å². The molecule has 8 heteroatoms. The van der Waals surface area contributed by atoms with Crippen LogP contribution in [-0.4, -0.2) is 26.7 Å². The highest BCUT2D eigenvalue weighted by Crippen LogP contribution is 2.34. The van der Waals surface area contributed by atoms with Crippen molar-refractivity contribution in [2.45, 2.75) is 42.7 Å². The van der Waals surface area contributed by atoms with Crippen LogP contribution in [0.25, 0.3) is 11.4 Å².